The Kier molecular flexibility index (Phi) is 4.40. The van der Waals surface area contributed by atoms with Gasteiger partial charge in [-0.2, -0.15) is 0 Å². The number of amides is 3. The summed E-state index contributed by atoms with van der Waals surface area (Å²) in [5.74, 6) is 1.67. The van der Waals surface area contributed by atoms with Crippen molar-refractivity contribution < 1.29 is 18.8 Å². The molecule has 4 atom stereocenters. The van der Waals surface area contributed by atoms with E-state index in [1.807, 2.05) is 17.0 Å². The number of furan rings is 1. The number of carbonyl (C=O) groups excluding carboxylic acids is 3. The Bertz CT molecular complexity index is 777. The van der Waals surface area contributed by atoms with Crippen LogP contribution >= 0.6 is 0 Å². The van der Waals surface area contributed by atoms with E-state index in [0.717, 1.165) is 38.1 Å². The number of piperidine rings is 3. The lowest BCUT2D eigenvalue weighted by Crippen LogP contribution is -2.61. The van der Waals surface area contributed by atoms with Crippen LogP contribution in [0, 0.1) is 17.8 Å². The van der Waals surface area contributed by atoms with Crippen molar-refractivity contribution >= 4 is 17.7 Å². The predicted octanol–water partition coefficient (Wildman–Crippen LogP) is 1.49. The fourth-order valence-electron chi connectivity index (χ4n) is 5.73. The van der Waals surface area contributed by atoms with Gasteiger partial charge in [-0.05, 0) is 43.2 Å². The molecule has 7 heteroatoms. The molecule has 5 heterocycles. The Hall–Kier alpha value is -2.31. The summed E-state index contributed by atoms with van der Waals surface area (Å²) in [6.07, 6.45) is 5.71. The zero-order chi connectivity index (χ0) is 19.3. The van der Waals surface area contributed by atoms with Crippen molar-refractivity contribution in [1.29, 1.82) is 0 Å². The predicted molar refractivity (Wildman–Crippen MR) is 99.8 cm³/mol. The van der Waals surface area contributed by atoms with Gasteiger partial charge in [0.25, 0.3) is 0 Å². The number of fused-ring (bicyclic) bond motifs is 4. The first-order valence-electron chi connectivity index (χ1n) is 10.5. The van der Waals surface area contributed by atoms with Crippen LogP contribution in [0.2, 0.25) is 0 Å². The number of nitrogens with zero attached hydrogens (tertiary/aromatic N) is 3. The topological polar surface area (TPSA) is 74.1 Å². The molecule has 5 rings (SSSR count). The molecule has 2 bridgehead atoms. The zero-order valence-corrected chi connectivity index (χ0v) is 16.1. The molecule has 0 saturated carbocycles. The van der Waals surface area contributed by atoms with Crippen LogP contribution in [-0.4, -0.2) is 64.6 Å². The number of hydrogen-bond donors (Lipinski definition) is 0. The second-order valence-electron chi connectivity index (χ2n) is 8.87. The molecule has 4 fully saturated rings. The van der Waals surface area contributed by atoms with Gasteiger partial charge >= 0.3 is 0 Å². The van der Waals surface area contributed by atoms with E-state index in [2.05, 4.69) is 4.90 Å². The Morgan fingerprint density at radius 1 is 1.14 bits per heavy atom. The van der Waals surface area contributed by atoms with Crippen molar-refractivity contribution in [3.05, 3.63) is 24.2 Å². The molecule has 3 amide bonds. The van der Waals surface area contributed by atoms with E-state index in [4.69, 9.17) is 4.42 Å². The molecule has 7 nitrogen and oxygen atoms in total. The number of hydrogen-bond acceptors (Lipinski definition) is 4. The maximum absolute atomic E-state index is 13.2. The molecule has 1 aromatic heterocycles. The molecule has 1 aromatic rings. The number of carbonyl (C=O) groups is 3. The zero-order valence-electron chi connectivity index (χ0n) is 16.1. The summed E-state index contributed by atoms with van der Waals surface area (Å²) in [5, 5.41) is 0. The minimum Gasteiger partial charge on any atom is -0.467 e. The molecular formula is C21H27N3O4. The first-order valence-corrected chi connectivity index (χ1v) is 10.5. The molecule has 0 N–H and O–H groups in total. The quantitative estimate of drug-likeness (QED) is 0.790. The van der Waals surface area contributed by atoms with Crippen molar-refractivity contribution in [2.24, 2.45) is 17.8 Å². The molecule has 4 aliphatic heterocycles. The lowest BCUT2D eigenvalue weighted by molar-refractivity contribution is -0.150. The molecule has 4 aliphatic rings. The second-order valence-corrected chi connectivity index (χ2v) is 8.87. The van der Waals surface area contributed by atoms with Crippen LogP contribution in [0.1, 0.15) is 37.9 Å². The van der Waals surface area contributed by atoms with E-state index in [9.17, 15) is 14.4 Å². The van der Waals surface area contributed by atoms with E-state index in [0.29, 0.717) is 56.3 Å². The first kappa shape index (κ1) is 17.8. The number of likely N-dealkylation sites (tertiary alicyclic amines) is 2. The highest BCUT2D eigenvalue weighted by molar-refractivity contribution is 5.89. The normalized spacial score (nSPS) is 32.6. The maximum atomic E-state index is 13.2. The fourth-order valence-corrected chi connectivity index (χ4v) is 5.73. The highest BCUT2D eigenvalue weighted by Gasteiger charge is 2.46. The molecule has 0 radical (unpaired) electrons. The average Bonchev–Trinajstić information content (AvgIpc) is 3.32. The summed E-state index contributed by atoms with van der Waals surface area (Å²) in [6.45, 7) is 3.14. The molecular weight excluding hydrogens is 358 g/mol. The van der Waals surface area contributed by atoms with Crippen LogP contribution in [-0.2, 0) is 20.9 Å². The van der Waals surface area contributed by atoms with E-state index < -0.39 is 0 Å². The van der Waals surface area contributed by atoms with E-state index in [1.165, 1.54) is 0 Å². The molecule has 28 heavy (non-hydrogen) atoms. The summed E-state index contributed by atoms with van der Waals surface area (Å²) in [5.41, 5.74) is 0. The minimum absolute atomic E-state index is 0.0241. The molecule has 2 unspecified atom stereocenters. The molecule has 4 saturated heterocycles. The third-order valence-electron chi connectivity index (χ3n) is 6.98. The van der Waals surface area contributed by atoms with Gasteiger partial charge in [0, 0.05) is 45.1 Å². The minimum atomic E-state index is -0.259. The highest BCUT2D eigenvalue weighted by Crippen LogP contribution is 2.38. The van der Waals surface area contributed by atoms with Crippen molar-refractivity contribution in [3.8, 4) is 0 Å². The number of rotatable bonds is 3. The monoisotopic (exact) mass is 385 g/mol. The third kappa shape index (κ3) is 3.10. The summed E-state index contributed by atoms with van der Waals surface area (Å²) in [6, 6.07) is 3.96. The summed E-state index contributed by atoms with van der Waals surface area (Å²) >= 11 is 0. The standard InChI is InChI=1S/C21H27N3O4/c25-19-5-1-4-18-15-7-14(10-24(18)19)9-23(11-15)21(27)16-8-20(26)22(12-16)13-17-3-2-6-28-17/h2-3,6,14-16,18H,1,4-5,7-13H2/t14-,15+,16?,18?/m1/s1. The molecule has 0 spiro atoms. The van der Waals surface area contributed by atoms with Crippen molar-refractivity contribution in [2.75, 3.05) is 26.2 Å². The smallest absolute Gasteiger partial charge is 0.228 e. The van der Waals surface area contributed by atoms with Gasteiger partial charge in [-0.1, -0.05) is 0 Å². The Morgan fingerprint density at radius 3 is 2.86 bits per heavy atom. The van der Waals surface area contributed by atoms with Crippen LogP contribution in [0.3, 0.4) is 0 Å². The summed E-state index contributed by atoms with van der Waals surface area (Å²) < 4.78 is 5.34. The van der Waals surface area contributed by atoms with Gasteiger partial charge in [-0.25, -0.2) is 0 Å². The average molecular weight is 385 g/mol. The fraction of sp³-hybridized carbons (Fsp3) is 0.667. The maximum Gasteiger partial charge on any atom is 0.228 e. The van der Waals surface area contributed by atoms with E-state index in [-0.39, 0.29) is 17.7 Å². The molecule has 0 aliphatic carbocycles. The lowest BCUT2D eigenvalue weighted by atomic mass is 9.75. The Labute approximate surface area is 164 Å². The van der Waals surface area contributed by atoms with E-state index in [1.54, 1.807) is 11.2 Å². The van der Waals surface area contributed by atoms with Crippen LogP contribution < -0.4 is 0 Å². The van der Waals surface area contributed by atoms with Crippen LogP contribution in [0.25, 0.3) is 0 Å². The lowest BCUT2D eigenvalue weighted by Gasteiger charge is -2.52. The Morgan fingerprint density at radius 2 is 2.04 bits per heavy atom. The van der Waals surface area contributed by atoms with Gasteiger partial charge in [-0.15, -0.1) is 0 Å². The van der Waals surface area contributed by atoms with Crippen LogP contribution in [0.15, 0.2) is 22.8 Å². The SMILES string of the molecule is O=C1CC(C(=O)N2C[C@H]3C[C@@H](C2)C2CCCC(=O)N2C3)CN1Cc1ccco1. The molecule has 0 aromatic carbocycles. The van der Waals surface area contributed by atoms with Gasteiger partial charge < -0.3 is 19.1 Å². The van der Waals surface area contributed by atoms with Gasteiger partial charge in [0.1, 0.15) is 5.76 Å². The van der Waals surface area contributed by atoms with Crippen molar-refractivity contribution in [3.63, 3.8) is 0 Å². The largest absolute Gasteiger partial charge is 0.467 e. The summed E-state index contributed by atoms with van der Waals surface area (Å²) in [7, 11) is 0. The second kappa shape index (κ2) is 6.94. The van der Waals surface area contributed by atoms with Gasteiger partial charge in [0.05, 0.1) is 18.7 Å². The van der Waals surface area contributed by atoms with Gasteiger partial charge in [0.15, 0.2) is 0 Å². The summed E-state index contributed by atoms with van der Waals surface area (Å²) in [4.78, 5) is 43.7. The Balaban J connectivity index is 1.24. The third-order valence-corrected chi connectivity index (χ3v) is 6.98. The van der Waals surface area contributed by atoms with E-state index >= 15 is 0 Å². The van der Waals surface area contributed by atoms with Crippen LogP contribution in [0.5, 0.6) is 0 Å². The first-order chi connectivity index (χ1) is 13.6. The van der Waals surface area contributed by atoms with Gasteiger partial charge in [0.2, 0.25) is 17.7 Å². The molecule has 150 valence electrons. The van der Waals surface area contributed by atoms with Gasteiger partial charge in [-0.3, -0.25) is 14.4 Å². The van der Waals surface area contributed by atoms with Crippen molar-refractivity contribution in [1.82, 2.24) is 14.7 Å². The highest BCUT2D eigenvalue weighted by atomic mass is 16.3. The van der Waals surface area contributed by atoms with Crippen LogP contribution in [0.4, 0.5) is 0 Å². The van der Waals surface area contributed by atoms with Crippen molar-refractivity contribution in [2.45, 2.75) is 44.7 Å².